The van der Waals surface area contributed by atoms with Gasteiger partial charge in [0.2, 0.25) is 0 Å². The number of fused-ring (bicyclic) bond motifs is 4. The molecule has 0 fully saturated rings. The number of hydrogen-bond acceptors (Lipinski definition) is 6. The first-order valence-corrected chi connectivity index (χ1v) is 25.1. The van der Waals surface area contributed by atoms with Crippen LogP contribution in [0.4, 0.5) is 62.6 Å². The van der Waals surface area contributed by atoms with Gasteiger partial charge in [0.05, 0.1) is 0 Å². The van der Waals surface area contributed by atoms with Gasteiger partial charge in [-0.1, -0.05) is 150 Å². The molecule has 0 atom stereocenters. The fraction of sp³-hybridized carbons (Fsp3) is 0.0323. The van der Waals surface area contributed by atoms with E-state index in [1.54, 1.807) is 0 Å². The molecule has 0 unspecified atom stereocenters. The molecule has 330 valence electrons. The molecule has 1 N–H and O–H groups in total. The van der Waals surface area contributed by atoms with Gasteiger partial charge in [-0.15, -0.1) is 0 Å². The Morgan fingerprint density at radius 3 is 1.45 bits per heavy atom. The molecule has 4 nitrogen and oxygen atoms in total. The van der Waals surface area contributed by atoms with Crippen molar-refractivity contribution in [3.63, 3.8) is 0 Å². The summed E-state index contributed by atoms with van der Waals surface area (Å²) in [5, 5.41) is 4.01. The fourth-order valence-electron chi connectivity index (χ4n) is 9.82. The van der Waals surface area contributed by atoms with Gasteiger partial charge in [-0.2, -0.15) is 0 Å². The van der Waals surface area contributed by atoms with E-state index in [1.165, 1.54) is 52.9 Å². The lowest BCUT2D eigenvalue weighted by molar-refractivity contribution is 1.16. The number of benzene rings is 10. The molecule has 10 aromatic carbocycles. The largest absolute Gasteiger partial charge is 0.355 e. The third kappa shape index (κ3) is 8.14. The number of nitrogens with one attached hydrogen (secondary N) is 1. The molecule has 2 aliphatic heterocycles. The number of rotatable bonds is 10. The molecular weight excluding hydrogens is 876 g/mol. The summed E-state index contributed by atoms with van der Waals surface area (Å²) in [7, 11) is 0.718. The number of hydrogen-bond donors (Lipinski definition) is 1. The molecule has 0 aliphatic carbocycles. The molecule has 0 saturated heterocycles. The van der Waals surface area contributed by atoms with Crippen molar-refractivity contribution in [3.05, 3.63) is 248 Å². The normalized spacial score (nSPS) is 12.2. The minimum atomic E-state index is 0.718. The van der Waals surface area contributed by atoms with Crippen LogP contribution in [0.3, 0.4) is 0 Å². The van der Waals surface area contributed by atoms with Crippen molar-refractivity contribution in [2.45, 2.75) is 33.4 Å². The lowest BCUT2D eigenvalue weighted by Gasteiger charge is -2.38. The van der Waals surface area contributed by atoms with Gasteiger partial charge >= 0.3 is 0 Å². The maximum absolute atomic E-state index is 4.01. The van der Waals surface area contributed by atoms with Crippen molar-refractivity contribution >= 4 is 104 Å². The molecular formula is C62H47BN4S2. The Labute approximate surface area is 414 Å². The van der Waals surface area contributed by atoms with Crippen LogP contribution in [0.25, 0.3) is 11.1 Å². The van der Waals surface area contributed by atoms with E-state index in [0.717, 1.165) is 69.7 Å². The average Bonchev–Trinajstić information content (AvgIpc) is 3.39. The predicted molar refractivity (Wildman–Crippen MR) is 296 cm³/mol. The molecule has 0 amide bonds. The molecule has 2 aliphatic rings. The van der Waals surface area contributed by atoms with E-state index < -0.39 is 0 Å². The van der Waals surface area contributed by atoms with Crippen molar-refractivity contribution in [1.29, 1.82) is 0 Å². The van der Waals surface area contributed by atoms with E-state index in [1.807, 2.05) is 23.5 Å². The van der Waals surface area contributed by atoms with E-state index in [4.69, 9.17) is 0 Å². The highest BCUT2D eigenvalue weighted by atomic mass is 32.2. The van der Waals surface area contributed by atoms with Gasteiger partial charge in [0.15, 0.2) is 7.28 Å². The molecule has 10 aromatic rings. The summed E-state index contributed by atoms with van der Waals surface area (Å²) in [6, 6.07) is 86.0. The summed E-state index contributed by atoms with van der Waals surface area (Å²) in [4.78, 5) is 12.4. The summed E-state index contributed by atoms with van der Waals surface area (Å²) >= 11 is 3.72. The van der Waals surface area contributed by atoms with Crippen LogP contribution < -0.4 is 30.9 Å². The first kappa shape index (κ1) is 42.5. The standard InChI is InChI=1S/C62H47BN4S2/c1-42-21-15-17-31-53(42)64-54-41-61-60(68-58-33-19-20-34-59(58)69-61)40-50(54)51-37-49(66(46-27-11-5-12-28-46)47-29-13-6-14-30-47)39-57-62(51)63-52-38-48(35-36-56(52)67(57)55-32-18-16-22-43(55)2)65(44-23-7-3-8-24-44)45-25-9-4-10-26-45/h3-41,63-64H,1-2H3. The van der Waals surface area contributed by atoms with Crippen molar-refractivity contribution in [2.24, 2.45) is 0 Å². The van der Waals surface area contributed by atoms with Crippen LogP contribution in [-0.2, 0) is 0 Å². The minimum absolute atomic E-state index is 0.718. The maximum Gasteiger partial charge on any atom is 0.198 e. The molecule has 0 aromatic heterocycles. The molecule has 0 bridgehead atoms. The van der Waals surface area contributed by atoms with E-state index in [-0.39, 0.29) is 0 Å². The van der Waals surface area contributed by atoms with E-state index in [9.17, 15) is 0 Å². The van der Waals surface area contributed by atoms with Crippen LogP contribution in [0.2, 0.25) is 0 Å². The molecule has 0 saturated carbocycles. The van der Waals surface area contributed by atoms with Gasteiger partial charge in [0.25, 0.3) is 0 Å². The topological polar surface area (TPSA) is 21.8 Å². The summed E-state index contributed by atoms with van der Waals surface area (Å²) in [6.45, 7) is 4.42. The van der Waals surface area contributed by atoms with Crippen LogP contribution in [0.1, 0.15) is 11.1 Å². The lowest BCUT2D eigenvalue weighted by Crippen LogP contribution is -2.41. The minimum Gasteiger partial charge on any atom is -0.355 e. The highest BCUT2D eigenvalue weighted by molar-refractivity contribution is 8.05. The van der Waals surface area contributed by atoms with Crippen molar-refractivity contribution < 1.29 is 0 Å². The quantitative estimate of drug-likeness (QED) is 0.137. The Morgan fingerprint density at radius 1 is 0.362 bits per heavy atom. The van der Waals surface area contributed by atoms with Crippen LogP contribution >= 0.6 is 23.5 Å². The van der Waals surface area contributed by atoms with E-state index in [0.29, 0.717) is 0 Å². The SMILES string of the molecule is Cc1ccccc1Nc1cc2c(cc1-c1cc(N(c3ccccc3)c3ccccc3)cc3c1Bc1cc(N(c4ccccc4)c4ccccc4)ccc1N3c1ccccc1C)Sc1ccccc1S2. The Morgan fingerprint density at radius 2 is 0.870 bits per heavy atom. The average molecular weight is 923 g/mol. The highest BCUT2D eigenvalue weighted by Gasteiger charge is 2.32. The first-order valence-electron chi connectivity index (χ1n) is 23.5. The monoisotopic (exact) mass is 922 g/mol. The number of aryl methyl sites for hydroxylation is 2. The van der Waals surface area contributed by atoms with Crippen molar-refractivity contribution in [3.8, 4) is 11.1 Å². The Balaban J connectivity index is 1.14. The molecule has 12 rings (SSSR count). The summed E-state index contributed by atoms with van der Waals surface area (Å²) < 4.78 is 0. The fourth-order valence-corrected chi connectivity index (χ4v) is 12.1. The van der Waals surface area contributed by atoms with Crippen LogP contribution in [0.15, 0.2) is 256 Å². The smallest absolute Gasteiger partial charge is 0.198 e. The second-order valence-electron chi connectivity index (χ2n) is 17.6. The second-order valence-corrected chi connectivity index (χ2v) is 19.7. The molecule has 0 radical (unpaired) electrons. The zero-order valence-electron chi connectivity index (χ0n) is 38.4. The maximum atomic E-state index is 4.01. The Hall–Kier alpha value is -7.84. The third-order valence-electron chi connectivity index (χ3n) is 13.1. The summed E-state index contributed by atoms with van der Waals surface area (Å²) in [5.74, 6) is 0. The van der Waals surface area contributed by atoms with E-state index in [2.05, 4.69) is 270 Å². The van der Waals surface area contributed by atoms with Gasteiger partial charge in [0, 0.05) is 87.7 Å². The van der Waals surface area contributed by atoms with Gasteiger partial charge < -0.3 is 20.0 Å². The van der Waals surface area contributed by atoms with Gasteiger partial charge in [0.1, 0.15) is 0 Å². The molecule has 2 heterocycles. The highest BCUT2D eigenvalue weighted by Crippen LogP contribution is 2.53. The Bertz CT molecular complexity index is 3420. The first-order chi connectivity index (χ1) is 34.0. The predicted octanol–water partition coefficient (Wildman–Crippen LogP) is 16.4. The Kier molecular flexibility index (Phi) is 11.3. The molecule has 69 heavy (non-hydrogen) atoms. The van der Waals surface area contributed by atoms with Gasteiger partial charge in [-0.25, -0.2) is 0 Å². The van der Waals surface area contributed by atoms with Crippen molar-refractivity contribution in [2.75, 3.05) is 20.0 Å². The third-order valence-corrected chi connectivity index (χ3v) is 15.7. The zero-order valence-corrected chi connectivity index (χ0v) is 40.0. The second kappa shape index (κ2) is 18.3. The van der Waals surface area contributed by atoms with Gasteiger partial charge in [-0.3, -0.25) is 0 Å². The number of anilines is 11. The number of nitrogens with zero attached hydrogens (tertiary/aromatic N) is 3. The lowest BCUT2D eigenvalue weighted by atomic mass is 9.58. The molecule has 0 spiro atoms. The summed E-state index contributed by atoms with van der Waals surface area (Å²) in [6.07, 6.45) is 0. The van der Waals surface area contributed by atoms with Crippen LogP contribution in [0.5, 0.6) is 0 Å². The summed E-state index contributed by atoms with van der Waals surface area (Å²) in [5.41, 5.74) is 19.5. The van der Waals surface area contributed by atoms with Crippen molar-refractivity contribution in [1.82, 2.24) is 0 Å². The molecule has 7 heteroatoms. The zero-order chi connectivity index (χ0) is 46.3. The number of para-hydroxylation sites is 6. The van der Waals surface area contributed by atoms with Crippen LogP contribution in [-0.4, -0.2) is 7.28 Å². The van der Waals surface area contributed by atoms with E-state index >= 15 is 0 Å². The van der Waals surface area contributed by atoms with Gasteiger partial charge in [-0.05, 0) is 151 Å². The van der Waals surface area contributed by atoms with Crippen LogP contribution in [0, 0.1) is 13.8 Å².